The van der Waals surface area contributed by atoms with Gasteiger partial charge >= 0.3 is 12.1 Å². The summed E-state index contributed by atoms with van der Waals surface area (Å²) in [5, 5.41) is 17.5. The van der Waals surface area contributed by atoms with Crippen LogP contribution in [0.1, 0.15) is 182 Å². The Bertz CT molecular complexity index is 1830. The van der Waals surface area contributed by atoms with Gasteiger partial charge in [-0.3, -0.25) is 9.59 Å². The number of hydrogen-bond acceptors (Lipinski definition) is 8. The number of nitrogens with zero attached hydrogens (tertiary/aromatic N) is 3. The molecule has 56 heavy (non-hydrogen) atoms. The Morgan fingerprint density at radius 2 is 1.21 bits per heavy atom. The molecule has 4 aliphatic carbocycles. The summed E-state index contributed by atoms with van der Waals surface area (Å²) >= 11 is 0. The molecule has 1 N–H and O–H groups in total. The van der Waals surface area contributed by atoms with Gasteiger partial charge in [0, 0.05) is 42.2 Å². The Labute approximate surface area is 332 Å². The molecule has 0 bridgehead atoms. The summed E-state index contributed by atoms with van der Waals surface area (Å²) in [5.41, 5.74) is 6.18. The van der Waals surface area contributed by atoms with Gasteiger partial charge in [0.25, 0.3) is 0 Å². The van der Waals surface area contributed by atoms with Crippen molar-refractivity contribution in [1.29, 1.82) is 0 Å². The molecule has 1 saturated heterocycles. The molecule has 5 aliphatic rings. The van der Waals surface area contributed by atoms with Gasteiger partial charge in [-0.15, -0.1) is 0 Å². The first-order chi connectivity index (χ1) is 26.6. The number of amides is 2. The van der Waals surface area contributed by atoms with Gasteiger partial charge in [0.1, 0.15) is 18.1 Å². The van der Waals surface area contributed by atoms with E-state index >= 15 is 0 Å². The number of benzene rings is 1. The molecule has 0 unspecified atom stereocenters. The maximum absolute atomic E-state index is 13.1. The summed E-state index contributed by atoms with van der Waals surface area (Å²) in [4.78, 5) is 37.5. The predicted molar refractivity (Wildman–Crippen MR) is 212 cm³/mol. The Morgan fingerprint density at radius 1 is 0.732 bits per heavy atom. The minimum absolute atomic E-state index is 0.142. The molecule has 1 aromatic carbocycles. The van der Waals surface area contributed by atoms with E-state index in [1.807, 2.05) is 30.3 Å². The Hall–Kier alpha value is -3.95. The number of aromatic nitrogens is 2. The Kier molecular flexibility index (Phi) is 11.9. The van der Waals surface area contributed by atoms with E-state index in [9.17, 15) is 14.4 Å². The summed E-state index contributed by atoms with van der Waals surface area (Å²) in [6, 6.07) is 9.66. The molecule has 5 fully saturated rings. The monoisotopic (exact) mass is 769 g/mol. The lowest BCUT2D eigenvalue weighted by atomic mass is 9.67. The average Bonchev–Trinajstić information content (AvgIpc) is 4.01. The van der Waals surface area contributed by atoms with E-state index in [1.54, 1.807) is 0 Å². The summed E-state index contributed by atoms with van der Waals surface area (Å²) in [6.07, 6.45) is 13.5. The fourth-order valence-electron chi connectivity index (χ4n) is 9.60. The standard InChI is InChI=1S/C28H36N2O4.C18H27NO3/c1-28(2,3)16-19-13-21(14-19)26-25(20-9-10-20)23(29-34-26)11-12-24(31)30-22(17-33-27(30)32)15-18-7-5-4-6-8-18;1-18(2,3)10-11-8-13(9-11)17-16(12-4-5-12)14(19-22-17)6-7-15(20)21/h4-8,19-22H,9-17H2,1-3H3;11-13H,4-10H2,1-3H3,(H,20,21)/t19?,21?,22-;/m0./s1. The van der Waals surface area contributed by atoms with Crippen LogP contribution in [0, 0.1) is 22.7 Å². The van der Waals surface area contributed by atoms with Crippen LogP contribution < -0.4 is 0 Å². The Morgan fingerprint density at radius 3 is 1.66 bits per heavy atom. The smallest absolute Gasteiger partial charge is 0.416 e. The van der Waals surface area contributed by atoms with Crippen molar-refractivity contribution in [2.45, 2.75) is 168 Å². The van der Waals surface area contributed by atoms with Crippen molar-refractivity contribution >= 4 is 18.0 Å². The number of aliphatic carboxylic acids is 1. The number of rotatable bonds is 14. The SMILES string of the molecule is CC(C)(C)CC1CC(c2onc(CCC(=O)N3C(=O)OC[C@@H]3Cc3ccccc3)c2C2CC2)C1.CC(C)(C)CC1CC(c2onc(CCC(=O)O)c2C2CC2)C1. The minimum Gasteiger partial charge on any atom is -0.481 e. The lowest BCUT2D eigenvalue weighted by molar-refractivity contribution is -0.137. The molecule has 10 nitrogen and oxygen atoms in total. The van der Waals surface area contributed by atoms with Crippen LogP contribution in [0.5, 0.6) is 0 Å². The van der Waals surface area contributed by atoms with E-state index in [-0.39, 0.29) is 31.4 Å². The molecule has 4 saturated carbocycles. The third-order valence-corrected chi connectivity index (χ3v) is 12.3. The maximum atomic E-state index is 13.1. The van der Waals surface area contributed by atoms with E-state index < -0.39 is 12.1 Å². The molecule has 3 aromatic rings. The van der Waals surface area contributed by atoms with Crippen molar-refractivity contribution < 1.29 is 33.3 Å². The first-order valence-corrected chi connectivity index (χ1v) is 21.3. The van der Waals surface area contributed by atoms with Crippen molar-refractivity contribution in [2.75, 3.05) is 6.61 Å². The lowest BCUT2D eigenvalue weighted by Crippen LogP contribution is -2.40. The van der Waals surface area contributed by atoms with Crippen LogP contribution in [0.4, 0.5) is 4.79 Å². The maximum Gasteiger partial charge on any atom is 0.416 e. The van der Waals surface area contributed by atoms with Crippen LogP contribution in [-0.4, -0.2) is 50.9 Å². The number of carbonyl (C=O) groups excluding carboxylic acids is 2. The first kappa shape index (κ1) is 40.3. The molecular weight excluding hydrogens is 707 g/mol. The highest BCUT2D eigenvalue weighted by Crippen LogP contribution is 2.54. The molecule has 1 aliphatic heterocycles. The largest absolute Gasteiger partial charge is 0.481 e. The first-order valence-electron chi connectivity index (χ1n) is 21.3. The second kappa shape index (κ2) is 16.5. The van der Waals surface area contributed by atoms with Crippen LogP contribution in [0.3, 0.4) is 0 Å². The number of carbonyl (C=O) groups is 3. The molecule has 3 heterocycles. The van der Waals surface area contributed by atoms with Gasteiger partial charge in [0.2, 0.25) is 5.91 Å². The van der Waals surface area contributed by atoms with Crippen LogP contribution in [0.2, 0.25) is 0 Å². The van der Waals surface area contributed by atoms with E-state index in [1.165, 1.54) is 80.2 Å². The topological polar surface area (TPSA) is 136 Å². The molecule has 2 amide bonds. The van der Waals surface area contributed by atoms with Crippen molar-refractivity contribution in [3.8, 4) is 0 Å². The molecule has 10 heteroatoms. The van der Waals surface area contributed by atoms with Crippen LogP contribution >= 0.6 is 0 Å². The molecule has 8 rings (SSSR count). The number of carboxylic acids is 1. The van der Waals surface area contributed by atoms with Crippen LogP contribution in [0.15, 0.2) is 39.4 Å². The highest BCUT2D eigenvalue weighted by atomic mass is 16.6. The second-order valence-electron chi connectivity index (χ2n) is 20.0. The summed E-state index contributed by atoms with van der Waals surface area (Å²) < 4.78 is 16.8. The fourth-order valence-corrected chi connectivity index (χ4v) is 9.60. The van der Waals surface area contributed by atoms with Crippen molar-refractivity contribution in [3.05, 3.63) is 69.9 Å². The van der Waals surface area contributed by atoms with Gasteiger partial charge in [0.05, 0.1) is 23.9 Å². The highest BCUT2D eigenvalue weighted by Gasteiger charge is 2.43. The van der Waals surface area contributed by atoms with Crippen LogP contribution in [-0.2, 0) is 33.6 Å². The number of hydrogen-bond donors (Lipinski definition) is 1. The van der Waals surface area contributed by atoms with Gasteiger partial charge in [0.15, 0.2) is 0 Å². The summed E-state index contributed by atoms with van der Waals surface area (Å²) in [5.74, 6) is 4.81. The second-order valence-corrected chi connectivity index (χ2v) is 20.0. The number of carboxylic acid groups (broad SMARTS) is 1. The van der Waals surface area contributed by atoms with Crippen molar-refractivity contribution in [1.82, 2.24) is 15.2 Å². The lowest BCUT2D eigenvalue weighted by Gasteiger charge is -2.38. The zero-order valence-corrected chi connectivity index (χ0v) is 34.5. The highest BCUT2D eigenvalue weighted by molar-refractivity contribution is 5.93. The molecule has 304 valence electrons. The predicted octanol–water partition coefficient (Wildman–Crippen LogP) is 10.5. The van der Waals surface area contributed by atoms with E-state index in [2.05, 4.69) is 51.9 Å². The molecule has 2 aromatic heterocycles. The van der Waals surface area contributed by atoms with E-state index in [4.69, 9.17) is 18.9 Å². The third kappa shape index (κ3) is 10.1. The third-order valence-electron chi connectivity index (χ3n) is 12.3. The zero-order chi connectivity index (χ0) is 39.8. The van der Waals surface area contributed by atoms with Crippen molar-refractivity contribution in [2.24, 2.45) is 22.7 Å². The fraction of sp³-hybridized carbons (Fsp3) is 0.674. The quantitative estimate of drug-likeness (QED) is 0.170. The average molecular weight is 770 g/mol. The summed E-state index contributed by atoms with van der Waals surface area (Å²) in [7, 11) is 0. The Balaban J connectivity index is 0.000000189. The number of imide groups is 1. The van der Waals surface area contributed by atoms with Gasteiger partial charge in [-0.1, -0.05) is 82.2 Å². The molecule has 0 radical (unpaired) electrons. The van der Waals surface area contributed by atoms with Gasteiger partial charge in [-0.05, 0) is 111 Å². The molecular formula is C46H63N3O7. The van der Waals surface area contributed by atoms with Gasteiger partial charge in [-0.2, -0.15) is 0 Å². The minimum atomic E-state index is -0.764. The number of ether oxygens (including phenoxy) is 1. The van der Waals surface area contributed by atoms with E-state index in [0.717, 1.165) is 40.3 Å². The summed E-state index contributed by atoms with van der Waals surface area (Å²) in [6.45, 7) is 14.1. The normalized spacial score (nSPS) is 24.9. The van der Waals surface area contributed by atoms with Gasteiger partial charge in [-0.25, -0.2) is 9.69 Å². The molecule has 1 atom stereocenters. The van der Waals surface area contributed by atoms with Crippen molar-refractivity contribution in [3.63, 3.8) is 0 Å². The molecule has 0 spiro atoms. The zero-order valence-electron chi connectivity index (χ0n) is 34.5. The number of aryl methyl sites for hydroxylation is 2. The van der Waals surface area contributed by atoms with E-state index in [0.29, 0.717) is 53.8 Å². The number of cyclic esters (lactones) is 1. The van der Waals surface area contributed by atoms with Gasteiger partial charge < -0.3 is 18.9 Å². The van der Waals surface area contributed by atoms with Crippen LogP contribution in [0.25, 0.3) is 0 Å².